The Labute approximate surface area is 120 Å². The summed E-state index contributed by atoms with van der Waals surface area (Å²) in [6.45, 7) is 4.90. The molecule has 1 fully saturated rings. The van der Waals surface area contributed by atoms with Crippen LogP contribution in [0.1, 0.15) is 35.2 Å². The monoisotopic (exact) mass is 277 g/mol. The van der Waals surface area contributed by atoms with Crippen molar-refractivity contribution in [3.05, 3.63) is 23.4 Å². The summed E-state index contributed by atoms with van der Waals surface area (Å²) < 4.78 is 0. The minimum absolute atomic E-state index is 0.288. The van der Waals surface area contributed by atoms with E-state index in [0.717, 1.165) is 37.5 Å². The molecule has 0 unspecified atom stereocenters. The molecule has 20 heavy (non-hydrogen) atoms. The normalized spacial score (nSPS) is 17.1. The molecule has 2 rings (SSSR count). The topological polar surface area (TPSA) is 65.5 Å². The molecule has 1 aromatic rings. The Bertz CT molecular complexity index is 468. The molecular weight excluding hydrogens is 254 g/mol. The number of aryl methyl sites for hydroxylation is 1. The van der Waals surface area contributed by atoms with Crippen molar-refractivity contribution in [3.8, 4) is 0 Å². The molecule has 1 saturated heterocycles. The summed E-state index contributed by atoms with van der Waals surface area (Å²) in [4.78, 5) is 17.8. The van der Waals surface area contributed by atoms with Gasteiger partial charge < -0.3 is 15.3 Å². The highest BCUT2D eigenvalue weighted by molar-refractivity contribution is 5.94. The van der Waals surface area contributed by atoms with Gasteiger partial charge in [0.1, 0.15) is 11.4 Å². The van der Waals surface area contributed by atoms with E-state index in [0.29, 0.717) is 5.82 Å². The van der Waals surface area contributed by atoms with Gasteiger partial charge in [-0.3, -0.25) is 0 Å². The molecule has 5 nitrogen and oxygen atoms in total. The largest absolute Gasteiger partial charge is 0.478 e. The Morgan fingerprint density at radius 2 is 2.20 bits per heavy atom. The number of pyridine rings is 1. The second kappa shape index (κ2) is 6.70. The van der Waals surface area contributed by atoms with Crippen molar-refractivity contribution in [1.82, 2.24) is 9.88 Å². The van der Waals surface area contributed by atoms with Crippen LogP contribution in [0.25, 0.3) is 0 Å². The van der Waals surface area contributed by atoms with Crippen molar-refractivity contribution in [2.75, 3.05) is 32.0 Å². The van der Waals surface area contributed by atoms with E-state index in [2.05, 4.69) is 22.2 Å². The molecule has 110 valence electrons. The highest BCUT2D eigenvalue weighted by Gasteiger charge is 2.17. The van der Waals surface area contributed by atoms with Crippen molar-refractivity contribution in [2.24, 2.45) is 5.92 Å². The highest BCUT2D eigenvalue weighted by atomic mass is 16.4. The molecule has 0 radical (unpaired) electrons. The van der Waals surface area contributed by atoms with Gasteiger partial charge in [-0.25, -0.2) is 9.78 Å². The first kappa shape index (κ1) is 14.8. The number of rotatable bonds is 5. The predicted octanol–water partition coefficient (Wildman–Crippen LogP) is 2.23. The summed E-state index contributed by atoms with van der Waals surface area (Å²) in [6, 6.07) is 1.73. The van der Waals surface area contributed by atoms with Crippen LogP contribution in [0.4, 0.5) is 5.82 Å². The third kappa shape index (κ3) is 3.70. The molecule has 2 heterocycles. The van der Waals surface area contributed by atoms with Gasteiger partial charge in [-0.1, -0.05) is 0 Å². The Kier molecular flexibility index (Phi) is 4.95. The van der Waals surface area contributed by atoms with Gasteiger partial charge in [-0.15, -0.1) is 0 Å². The van der Waals surface area contributed by atoms with Gasteiger partial charge in [0.15, 0.2) is 0 Å². The van der Waals surface area contributed by atoms with Crippen molar-refractivity contribution in [3.63, 3.8) is 0 Å². The van der Waals surface area contributed by atoms with Crippen molar-refractivity contribution < 1.29 is 9.90 Å². The maximum absolute atomic E-state index is 11.3. The van der Waals surface area contributed by atoms with Crippen LogP contribution in [0.15, 0.2) is 12.3 Å². The number of carboxylic acids is 1. The van der Waals surface area contributed by atoms with Gasteiger partial charge >= 0.3 is 5.97 Å². The number of aromatic nitrogens is 1. The van der Waals surface area contributed by atoms with E-state index in [4.69, 9.17) is 0 Å². The highest BCUT2D eigenvalue weighted by Crippen LogP contribution is 2.21. The lowest BCUT2D eigenvalue weighted by molar-refractivity contribution is 0.0697. The van der Waals surface area contributed by atoms with Crippen molar-refractivity contribution in [1.29, 1.82) is 0 Å². The first-order chi connectivity index (χ1) is 9.58. The molecule has 0 amide bonds. The van der Waals surface area contributed by atoms with Gasteiger partial charge in [0.2, 0.25) is 0 Å². The van der Waals surface area contributed by atoms with E-state index in [1.807, 2.05) is 0 Å². The zero-order valence-electron chi connectivity index (χ0n) is 12.2. The van der Waals surface area contributed by atoms with Crippen LogP contribution >= 0.6 is 0 Å². The zero-order chi connectivity index (χ0) is 14.5. The van der Waals surface area contributed by atoms with Crippen molar-refractivity contribution >= 4 is 11.8 Å². The summed E-state index contributed by atoms with van der Waals surface area (Å²) in [5, 5.41) is 12.4. The van der Waals surface area contributed by atoms with Gasteiger partial charge in [0.05, 0.1) is 0 Å². The lowest BCUT2D eigenvalue weighted by atomic mass is 9.94. The van der Waals surface area contributed by atoms with E-state index in [1.54, 1.807) is 19.2 Å². The summed E-state index contributed by atoms with van der Waals surface area (Å²) in [7, 11) is 2.16. The number of likely N-dealkylation sites (tertiary alicyclic amines) is 1. The first-order valence-corrected chi connectivity index (χ1v) is 7.19. The SMILES string of the molecule is Cc1ccnc(NCCC2CCN(C)CC2)c1C(=O)O. The van der Waals surface area contributed by atoms with Crippen molar-refractivity contribution in [2.45, 2.75) is 26.2 Å². The van der Waals surface area contributed by atoms with Gasteiger partial charge in [0.25, 0.3) is 0 Å². The number of hydrogen-bond acceptors (Lipinski definition) is 4. The summed E-state index contributed by atoms with van der Waals surface area (Å²) in [5.41, 5.74) is 1.03. The van der Waals surface area contributed by atoms with E-state index in [9.17, 15) is 9.90 Å². The maximum Gasteiger partial charge on any atom is 0.339 e. The van der Waals surface area contributed by atoms with Crippen LogP contribution in [0.3, 0.4) is 0 Å². The third-order valence-corrected chi connectivity index (χ3v) is 4.06. The Morgan fingerprint density at radius 3 is 2.85 bits per heavy atom. The molecule has 1 aliphatic rings. The predicted molar refractivity (Wildman–Crippen MR) is 79.3 cm³/mol. The molecule has 0 saturated carbocycles. The number of carboxylic acid groups (broad SMARTS) is 1. The minimum Gasteiger partial charge on any atom is -0.478 e. The second-order valence-corrected chi connectivity index (χ2v) is 5.62. The molecule has 1 aliphatic heterocycles. The van der Waals surface area contributed by atoms with E-state index < -0.39 is 5.97 Å². The molecule has 0 spiro atoms. The smallest absolute Gasteiger partial charge is 0.339 e. The molecule has 0 atom stereocenters. The number of nitrogens with zero attached hydrogens (tertiary/aromatic N) is 2. The molecule has 0 aliphatic carbocycles. The molecule has 2 N–H and O–H groups in total. The fourth-order valence-corrected chi connectivity index (χ4v) is 2.71. The summed E-state index contributed by atoms with van der Waals surface area (Å²) in [6.07, 6.45) is 5.18. The number of piperidine rings is 1. The third-order valence-electron chi connectivity index (χ3n) is 4.06. The standard InChI is InChI=1S/C15H23N3O2/c1-11-3-7-16-14(13(11)15(19)20)17-8-4-12-5-9-18(2)10-6-12/h3,7,12H,4-6,8-10H2,1-2H3,(H,16,17)(H,19,20). The van der Waals surface area contributed by atoms with Crippen LogP contribution in [0, 0.1) is 12.8 Å². The fourth-order valence-electron chi connectivity index (χ4n) is 2.71. The number of hydrogen-bond donors (Lipinski definition) is 2. The first-order valence-electron chi connectivity index (χ1n) is 7.19. The van der Waals surface area contributed by atoms with E-state index in [1.165, 1.54) is 12.8 Å². The zero-order valence-corrected chi connectivity index (χ0v) is 12.2. The quantitative estimate of drug-likeness (QED) is 0.864. The average Bonchev–Trinajstić information content (AvgIpc) is 2.40. The lowest BCUT2D eigenvalue weighted by Crippen LogP contribution is -2.31. The Morgan fingerprint density at radius 1 is 1.50 bits per heavy atom. The Balaban J connectivity index is 1.88. The van der Waals surface area contributed by atoms with Crippen LogP contribution in [-0.2, 0) is 0 Å². The Hall–Kier alpha value is -1.62. The number of anilines is 1. The van der Waals surface area contributed by atoms with Crippen LogP contribution < -0.4 is 5.32 Å². The summed E-state index contributed by atoms with van der Waals surface area (Å²) >= 11 is 0. The minimum atomic E-state index is -0.919. The molecule has 0 bridgehead atoms. The molecule has 0 aromatic carbocycles. The molecule has 5 heteroatoms. The number of aromatic carboxylic acids is 1. The number of nitrogens with one attached hydrogen (secondary N) is 1. The second-order valence-electron chi connectivity index (χ2n) is 5.62. The van der Waals surface area contributed by atoms with Crippen LogP contribution in [-0.4, -0.2) is 47.6 Å². The fraction of sp³-hybridized carbons (Fsp3) is 0.600. The van der Waals surface area contributed by atoms with E-state index in [-0.39, 0.29) is 5.56 Å². The number of carbonyl (C=O) groups is 1. The van der Waals surface area contributed by atoms with Gasteiger partial charge in [0, 0.05) is 12.7 Å². The summed E-state index contributed by atoms with van der Waals surface area (Å²) in [5.74, 6) is 0.305. The van der Waals surface area contributed by atoms with Crippen LogP contribution in [0.2, 0.25) is 0 Å². The maximum atomic E-state index is 11.3. The average molecular weight is 277 g/mol. The van der Waals surface area contributed by atoms with Gasteiger partial charge in [-0.2, -0.15) is 0 Å². The van der Waals surface area contributed by atoms with E-state index >= 15 is 0 Å². The molecular formula is C15H23N3O2. The molecule has 1 aromatic heterocycles. The lowest BCUT2D eigenvalue weighted by Gasteiger charge is -2.29. The van der Waals surface area contributed by atoms with Crippen LogP contribution in [0.5, 0.6) is 0 Å². The van der Waals surface area contributed by atoms with Gasteiger partial charge in [-0.05, 0) is 63.9 Å².